The standard InChI is InChI=1S/C13H16FN3O4/c14-9-1-2-10(17(19)20)12(15)11(9)13(18)16-7-8-3-5-21-6-4-8/h1-2,8H,3-7,15H2,(H,16,18). The number of benzene rings is 1. The minimum atomic E-state index is -0.873. The molecule has 1 heterocycles. The van der Waals surface area contributed by atoms with Crippen molar-refractivity contribution in [3.8, 4) is 0 Å². The number of hydrogen-bond donors (Lipinski definition) is 2. The van der Waals surface area contributed by atoms with E-state index in [0.29, 0.717) is 19.8 Å². The summed E-state index contributed by atoms with van der Waals surface area (Å²) in [5.74, 6) is -1.35. The van der Waals surface area contributed by atoms with E-state index >= 15 is 0 Å². The van der Waals surface area contributed by atoms with Crippen LogP contribution in [0.3, 0.4) is 0 Å². The molecule has 0 bridgehead atoms. The van der Waals surface area contributed by atoms with Crippen molar-refractivity contribution >= 4 is 17.3 Å². The summed E-state index contributed by atoms with van der Waals surface area (Å²) in [5, 5.41) is 13.3. The molecule has 1 aromatic carbocycles. The van der Waals surface area contributed by atoms with Crippen LogP contribution in [-0.4, -0.2) is 30.6 Å². The van der Waals surface area contributed by atoms with Gasteiger partial charge in [0.15, 0.2) is 0 Å². The van der Waals surface area contributed by atoms with Crippen LogP contribution in [0.15, 0.2) is 12.1 Å². The van der Waals surface area contributed by atoms with E-state index in [0.717, 1.165) is 25.0 Å². The molecule has 114 valence electrons. The van der Waals surface area contributed by atoms with Gasteiger partial charge in [0.05, 0.1) is 4.92 Å². The van der Waals surface area contributed by atoms with Crippen molar-refractivity contribution in [3.05, 3.63) is 33.6 Å². The Bertz CT molecular complexity index is 559. The number of nitrogens with zero attached hydrogens (tertiary/aromatic N) is 1. The predicted octanol–water partition coefficient (Wildman–Crippen LogP) is 1.47. The molecule has 7 nitrogen and oxygen atoms in total. The van der Waals surface area contributed by atoms with E-state index in [1.54, 1.807) is 0 Å². The highest BCUT2D eigenvalue weighted by Gasteiger charge is 2.24. The average Bonchev–Trinajstić information content (AvgIpc) is 2.46. The lowest BCUT2D eigenvalue weighted by Gasteiger charge is -2.22. The number of nitrogens with two attached hydrogens (primary N) is 1. The number of nitrogens with one attached hydrogen (secondary N) is 1. The fourth-order valence-corrected chi connectivity index (χ4v) is 2.25. The molecule has 21 heavy (non-hydrogen) atoms. The van der Waals surface area contributed by atoms with Gasteiger partial charge in [0.2, 0.25) is 0 Å². The number of nitro groups is 1. The van der Waals surface area contributed by atoms with Crippen LogP contribution in [0.2, 0.25) is 0 Å². The molecule has 0 aromatic heterocycles. The van der Waals surface area contributed by atoms with Crippen LogP contribution in [0, 0.1) is 21.8 Å². The molecule has 0 aliphatic carbocycles. The topological polar surface area (TPSA) is 107 Å². The molecule has 0 unspecified atom stereocenters. The van der Waals surface area contributed by atoms with Gasteiger partial charge in [0.25, 0.3) is 11.6 Å². The minimum Gasteiger partial charge on any atom is -0.392 e. The molecule has 0 atom stereocenters. The first-order valence-electron chi connectivity index (χ1n) is 6.59. The molecule has 0 radical (unpaired) electrons. The Morgan fingerprint density at radius 1 is 1.48 bits per heavy atom. The van der Waals surface area contributed by atoms with Gasteiger partial charge in [-0.1, -0.05) is 0 Å². The van der Waals surface area contributed by atoms with Gasteiger partial charge in [-0.2, -0.15) is 0 Å². The lowest BCUT2D eigenvalue weighted by Crippen LogP contribution is -2.33. The van der Waals surface area contributed by atoms with E-state index in [1.807, 2.05) is 0 Å². The second kappa shape index (κ2) is 6.49. The lowest BCUT2D eigenvalue weighted by atomic mass is 10.00. The number of halogens is 1. The van der Waals surface area contributed by atoms with E-state index < -0.39 is 33.6 Å². The Hall–Kier alpha value is -2.22. The number of rotatable bonds is 4. The number of amides is 1. The zero-order chi connectivity index (χ0) is 15.4. The summed E-state index contributed by atoms with van der Waals surface area (Å²) in [6.45, 7) is 1.63. The second-order valence-electron chi connectivity index (χ2n) is 4.88. The third kappa shape index (κ3) is 3.46. The summed E-state index contributed by atoms with van der Waals surface area (Å²) in [4.78, 5) is 22.0. The molecule has 1 fully saturated rings. The fourth-order valence-electron chi connectivity index (χ4n) is 2.25. The number of anilines is 1. The Labute approximate surface area is 120 Å². The summed E-state index contributed by atoms with van der Waals surface area (Å²) in [6.07, 6.45) is 1.63. The predicted molar refractivity (Wildman–Crippen MR) is 73.3 cm³/mol. The molecular weight excluding hydrogens is 281 g/mol. The van der Waals surface area contributed by atoms with Crippen molar-refractivity contribution in [2.24, 2.45) is 5.92 Å². The molecule has 8 heteroatoms. The zero-order valence-corrected chi connectivity index (χ0v) is 11.3. The maximum atomic E-state index is 13.7. The van der Waals surface area contributed by atoms with Gasteiger partial charge < -0.3 is 15.8 Å². The van der Waals surface area contributed by atoms with Crippen LogP contribution in [0.25, 0.3) is 0 Å². The first-order chi connectivity index (χ1) is 10.0. The fraction of sp³-hybridized carbons (Fsp3) is 0.462. The number of nitrogen functional groups attached to an aromatic ring is 1. The second-order valence-corrected chi connectivity index (χ2v) is 4.88. The van der Waals surface area contributed by atoms with Gasteiger partial charge in [0, 0.05) is 25.8 Å². The molecule has 1 amide bonds. The number of carbonyl (C=O) groups is 1. The number of ether oxygens (including phenoxy) is 1. The number of hydrogen-bond acceptors (Lipinski definition) is 5. The summed E-state index contributed by atoms with van der Waals surface area (Å²) in [6, 6.07) is 1.82. The van der Waals surface area contributed by atoms with Crippen molar-refractivity contribution in [3.63, 3.8) is 0 Å². The highest BCUT2D eigenvalue weighted by atomic mass is 19.1. The highest BCUT2D eigenvalue weighted by Crippen LogP contribution is 2.27. The van der Waals surface area contributed by atoms with Crippen LogP contribution in [0.1, 0.15) is 23.2 Å². The molecule has 3 N–H and O–H groups in total. The smallest absolute Gasteiger partial charge is 0.293 e. The number of nitro benzene ring substituents is 1. The first kappa shape index (κ1) is 15.2. The molecule has 1 aromatic rings. The molecule has 2 rings (SSSR count). The number of carbonyl (C=O) groups excluding carboxylic acids is 1. The van der Waals surface area contributed by atoms with Crippen LogP contribution < -0.4 is 11.1 Å². The van der Waals surface area contributed by atoms with Crippen molar-refractivity contribution in [2.75, 3.05) is 25.5 Å². The molecule has 1 aliphatic heterocycles. The Kier molecular flexibility index (Phi) is 4.69. The van der Waals surface area contributed by atoms with E-state index in [-0.39, 0.29) is 5.92 Å². The summed E-state index contributed by atoms with van der Waals surface area (Å²) in [7, 11) is 0. The summed E-state index contributed by atoms with van der Waals surface area (Å²) < 4.78 is 18.9. The third-order valence-electron chi connectivity index (χ3n) is 3.49. The van der Waals surface area contributed by atoms with Crippen molar-refractivity contribution in [2.45, 2.75) is 12.8 Å². The Morgan fingerprint density at radius 3 is 2.76 bits per heavy atom. The molecule has 0 spiro atoms. The first-order valence-corrected chi connectivity index (χ1v) is 6.59. The average molecular weight is 297 g/mol. The van der Waals surface area contributed by atoms with E-state index in [1.165, 1.54) is 0 Å². The van der Waals surface area contributed by atoms with Crippen LogP contribution >= 0.6 is 0 Å². The van der Waals surface area contributed by atoms with Gasteiger partial charge in [-0.15, -0.1) is 0 Å². The quantitative estimate of drug-likeness (QED) is 0.497. The van der Waals surface area contributed by atoms with Gasteiger partial charge in [0.1, 0.15) is 17.1 Å². The zero-order valence-electron chi connectivity index (χ0n) is 11.3. The normalized spacial score (nSPS) is 15.7. The highest BCUT2D eigenvalue weighted by molar-refractivity contribution is 6.01. The van der Waals surface area contributed by atoms with Gasteiger partial charge in [-0.25, -0.2) is 4.39 Å². The Balaban J connectivity index is 2.11. The van der Waals surface area contributed by atoms with Crippen LogP contribution in [0.4, 0.5) is 15.8 Å². The van der Waals surface area contributed by atoms with Gasteiger partial charge in [-0.3, -0.25) is 14.9 Å². The largest absolute Gasteiger partial charge is 0.392 e. The van der Waals surface area contributed by atoms with Crippen molar-refractivity contribution in [1.29, 1.82) is 0 Å². The molecule has 1 aliphatic rings. The SMILES string of the molecule is Nc1c([N+](=O)[O-])ccc(F)c1C(=O)NCC1CCOCC1. The van der Waals surface area contributed by atoms with Crippen LogP contribution in [0.5, 0.6) is 0 Å². The third-order valence-corrected chi connectivity index (χ3v) is 3.49. The summed E-state index contributed by atoms with van der Waals surface area (Å²) in [5.41, 5.74) is 4.12. The van der Waals surface area contributed by atoms with E-state index in [4.69, 9.17) is 10.5 Å². The van der Waals surface area contributed by atoms with Gasteiger partial charge >= 0.3 is 0 Å². The van der Waals surface area contributed by atoms with E-state index in [9.17, 15) is 19.3 Å². The lowest BCUT2D eigenvalue weighted by molar-refractivity contribution is -0.384. The van der Waals surface area contributed by atoms with Crippen molar-refractivity contribution in [1.82, 2.24) is 5.32 Å². The molecule has 0 saturated carbocycles. The van der Waals surface area contributed by atoms with Crippen LogP contribution in [-0.2, 0) is 4.74 Å². The van der Waals surface area contributed by atoms with Gasteiger partial charge in [-0.05, 0) is 24.8 Å². The maximum Gasteiger partial charge on any atom is 0.293 e. The maximum absolute atomic E-state index is 13.7. The molecular formula is C13H16FN3O4. The Morgan fingerprint density at radius 2 is 2.14 bits per heavy atom. The molecule has 1 saturated heterocycles. The van der Waals surface area contributed by atoms with Crippen molar-refractivity contribution < 1.29 is 18.8 Å². The van der Waals surface area contributed by atoms with E-state index in [2.05, 4.69) is 5.32 Å². The summed E-state index contributed by atoms with van der Waals surface area (Å²) >= 11 is 0. The monoisotopic (exact) mass is 297 g/mol. The minimum absolute atomic E-state index is 0.255.